The number of nitrogens with one attached hydrogen (secondary N) is 2. The largest absolute Gasteiger partial charge is 0.383 e. The molecule has 4 nitrogen and oxygen atoms in total. The second-order valence-electron chi connectivity index (χ2n) is 6.06. The Bertz CT molecular complexity index is 432. The van der Waals surface area contributed by atoms with Crippen LogP contribution in [0.25, 0.3) is 0 Å². The molecule has 0 aliphatic heterocycles. The fraction of sp³-hybridized carbons (Fsp3) is 0.588. The Kier molecular flexibility index (Phi) is 7.23. The molecule has 0 radical (unpaired) electrons. The average Bonchev–Trinajstić information content (AvgIpc) is 2.44. The minimum absolute atomic E-state index is 0.193. The summed E-state index contributed by atoms with van der Waals surface area (Å²) < 4.78 is 5.03. The number of nitrogens with zero attached hydrogens (tertiary/aromatic N) is 1. The molecule has 1 aromatic carbocycles. The zero-order chi connectivity index (χ0) is 15.7. The van der Waals surface area contributed by atoms with Gasteiger partial charge < -0.3 is 15.4 Å². The highest BCUT2D eigenvalue weighted by Gasteiger charge is 2.12. The Morgan fingerprint density at radius 2 is 1.81 bits per heavy atom. The van der Waals surface area contributed by atoms with Crippen LogP contribution in [0, 0.1) is 0 Å². The highest BCUT2D eigenvalue weighted by molar-refractivity contribution is 5.79. The van der Waals surface area contributed by atoms with Gasteiger partial charge in [0.2, 0.25) is 0 Å². The predicted octanol–water partition coefficient (Wildman–Crippen LogP) is 2.69. The van der Waals surface area contributed by atoms with E-state index in [1.165, 1.54) is 11.1 Å². The van der Waals surface area contributed by atoms with Crippen molar-refractivity contribution in [1.82, 2.24) is 10.6 Å². The van der Waals surface area contributed by atoms with Crippen molar-refractivity contribution in [2.24, 2.45) is 4.99 Å². The fourth-order valence-electron chi connectivity index (χ4n) is 1.89. The van der Waals surface area contributed by atoms with Crippen LogP contribution in [0.1, 0.15) is 38.8 Å². The van der Waals surface area contributed by atoms with Crippen molar-refractivity contribution >= 4 is 5.96 Å². The van der Waals surface area contributed by atoms with Gasteiger partial charge in [-0.15, -0.1) is 0 Å². The van der Waals surface area contributed by atoms with E-state index in [0.29, 0.717) is 13.2 Å². The lowest BCUT2D eigenvalue weighted by Crippen LogP contribution is -2.38. The summed E-state index contributed by atoms with van der Waals surface area (Å²) in [6, 6.07) is 8.69. The van der Waals surface area contributed by atoms with E-state index in [0.717, 1.165) is 19.0 Å². The molecule has 0 saturated carbocycles. The minimum Gasteiger partial charge on any atom is -0.383 e. The van der Waals surface area contributed by atoms with Gasteiger partial charge in [0.15, 0.2) is 5.96 Å². The van der Waals surface area contributed by atoms with Gasteiger partial charge in [0.25, 0.3) is 0 Å². The van der Waals surface area contributed by atoms with Crippen molar-refractivity contribution < 1.29 is 4.74 Å². The molecule has 0 aliphatic rings. The molecule has 0 aliphatic carbocycles. The van der Waals surface area contributed by atoms with Gasteiger partial charge in [0.1, 0.15) is 0 Å². The van der Waals surface area contributed by atoms with Crippen LogP contribution in [0.5, 0.6) is 0 Å². The van der Waals surface area contributed by atoms with E-state index in [9.17, 15) is 0 Å². The van der Waals surface area contributed by atoms with Gasteiger partial charge in [0, 0.05) is 20.2 Å². The summed E-state index contributed by atoms with van der Waals surface area (Å²) in [5.41, 5.74) is 2.76. The highest BCUT2D eigenvalue weighted by atomic mass is 16.5. The third kappa shape index (κ3) is 6.63. The Morgan fingerprint density at radius 1 is 1.14 bits per heavy atom. The van der Waals surface area contributed by atoms with Crippen molar-refractivity contribution in [3.05, 3.63) is 35.4 Å². The first kappa shape index (κ1) is 17.5. The predicted molar refractivity (Wildman–Crippen MR) is 89.8 cm³/mol. The molecule has 2 N–H and O–H groups in total. The van der Waals surface area contributed by atoms with E-state index >= 15 is 0 Å². The number of rotatable bonds is 6. The van der Waals surface area contributed by atoms with Crippen LogP contribution >= 0.6 is 0 Å². The van der Waals surface area contributed by atoms with Gasteiger partial charge in [-0.05, 0) is 23.5 Å². The maximum Gasteiger partial charge on any atom is 0.191 e. The van der Waals surface area contributed by atoms with Gasteiger partial charge in [0.05, 0.1) is 13.2 Å². The smallest absolute Gasteiger partial charge is 0.191 e. The summed E-state index contributed by atoms with van der Waals surface area (Å²) >= 11 is 0. The minimum atomic E-state index is 0.193. The topological polar surface area (TPSA) is 45.7 Å². The summed E-state index contributed by atoms with van der Waals surface area (Å²) in [5.74, 6) is 0.828. The molecule has 0 fully saturated rings. The van der Waals surface area contributed by atoms with E-state index in [1.54, 1.807) is 7.11 Å². The first-order valence-corrected chi connectivity index (χ1v) is 7.58. The Hall–Kier alpha value is -1.55. The number of hydrogen-bond acceptors (Lipinski definition) is 2. The average molecular weight is 291 g/mol. The molecule has 1 aromatic rings. The zero-order valence-electron chi connectivity index (χ0n) is 14.0. The Morgan fingerprint density at radius 3 is 2.33 bits per heavy atom. The van der Waals surface area contributed by atoms with Crippen molar-refractivity contribution in [2.75, 3.05) is 26.8 Å². The first-order chi connectivity index (χ1) is 9.97. The van der Waals surface area contributed by atoms with Gasteiger partial charge in [-0.1, -0.05) is 45.0 Å². The molecule has 0 bridgehead atoms. The summed E-state index contributed by atoms with van der Waals surface area (Å²) in [7, 11) is 1.70. The number of ether oxygens (including phenoxy) is 1. The first-order valence-electron chi connectivity index (χ1n) is 7.58. The van der Waals surface area contributed by atoms with Crippen LogP contribution in [0.3, 0.4) is 0 Å². The summed E-state index contributed by atoms with van der Waals surface area (Å²) in [5, 5.41) is 6.47. The van der Waals surface area contributed by atoms with E-state index in [2.05, 4.69) is 67.6 Å². The van der Waals surface area contributed by atoms with Crippen molar-refractivity contribution in [3.63, 3.8) is 0 Å². The number of guanidine groups is 1. The standard InChI is InChI=1S/C17H29N3O/c1-6-18-16(19-11-12-21-5)20-13-14-7-9-15(10-8-14)17(2,3)4/h7-10H,6,11-13H2,1-5H3,(H2,18,19,20). The molecule has 21 heavy (non-hydrogen) atoms. The van der Waals surface area contributed by atoms with Crippen molar-refractivity contribution in [3.8, 4) is 0 Å². The number of benzene rings is 1. The molecule has 4 heteroatoms. The molecule has 0 spiro atoms. The lowest BCUT2D eigenvalue weighted by atomic mass is 9.87. The lowest BCUT2D eigenvalue weighted by molar-refractivity contribution is 0.203. The molecule has 0 aromatic heterocycles. The Labute approximate surface area is 129 Å². The Balaban J connectivity index is 2.62. The van der Waals surface area contributed by atoms with Crippen molar-refractivity contribution in [1.29, 1.82) is 0 Å². The van der Waals surface area contributed by atoms with E-state index < -0.39 is 0 Å². The second kappa shape index (κ2) is 8.67. The highest BCUT2D eigenvalue weighted by Crippen LogP contribution is 2.22. The van der Waals surface area contributed by atoms with Crippen LogP contribution in [-0.4, -0.2) is 32.8 Å². The molecule has 1 rings (SSSR count). The van der Waals surface area contributed by atoms with Crippen LogP contribution < -0.4 is 10.6 Å². The fourth-order valence-corrected chi connectivity index (χ4v) is 1.89. The summed E-state index contributed by atoms with van der Waals surface area (Å²) in [4.78, 5) is 4.59. The van der Waals surface area contributed by atoms with E-state index in [4.69, 9.17) is 4.74 Å². The van der Waals surface area contributed by atoms with Gasteiger partial charge >= 0.3 is 0 Å². The normalized spacial score (nSPS) is 12.3. The van der Waals surface area contributed by atoms with Gasteiger partial charge in [-0.2, -0.15) is 0 Å². The quantitative estimate of drug-likeness (QED) is 0.481. The summed E-state index contributed by atoms with van der Waals surface area (Å²) in [6.07, 6.45) is 0. The molecular weight excluding hydrogens is 262 g/mol. The molecule has 118 valence electrons. The van der Waals surface area contributed by atoms with Gasteiger partial charge in [-0.25, -0.2) is 4.99 Å². The van der Waals surface area contributed by atoms with Gasteiger partial charge in [-0.3, -0.25) is 0 Å². The third-order valence-corrected chi connectivity index (χ3v) is 3.18. The molecule has 0 saturated heterocycles. The van der Waals surface area contributed by atoms with Crippen LogP contribution in [0.2, 0.25) is 0 Å². The third-order valence-electron chi connectivity index (χ3n) is 3.18. The maximum atomic E-state index is 5.03. The molecular formula is C17H29N3O. The second-order valence-corrected chi connectivity index (χ2v) is 6.06. The zero-order valence-corrected chi connectivity index (χ0v) is 14.0. The number of hydrogen-bond donors (Lipinski definition) is 2. The monoisotopic (exact) mass is 291 g/mol. The van der Waals surface area contributed by atoms with Crippen molar-refractivity contribution in [2.45, 2.75) is 39.7 Å². The van der Waals surface area contributed by atoms with E-state index in [-0.39, 0.29) is 5.41 Å². The number of aliphatic imine (C=N–C) groups is 1. The maximum absolute atomic E-state index is 5.03. The van der Waals surface area contributed by atoms with E-state index in [1.807, 2.05) is 0 Å². The summed E-state index contributed by atoms with van der Waals surface area (Å²) in [6.45, 7) is 11.7. The van der Waals surface area contributed by atoms with Crippen LogP contribution in [-0.2, 0) is 16.7 Å². The molecule has 0 amide bonds. The molecule has 0 unspecified atom stereocenters. The molecule has 0 atom stereocenters. The lowest BCUT2D eigenvalue weighted by Gasteiger charge is -2.19. The van der Waals surface area contributed by atoms with Crippen LogP contribution in [0.4, 0.5) is 0 Å². The SMILES string of the molecule is CCNC(=NCc1ccc(C(C)(C)C)cc1)NCCOC. The van der Waals surface area contributed by atoms with Crippen LogP contribution in [0.15, 0.2) is 29.3 Å². The number of methoxy groups -OCH3 is 1. The molecule has 0 heterocycles.